The molecule has 1 fully saturated rings. The lowest BCUT2D eigenvalue weighted by Crippen LogP contribution is -2.51. The fourth-order valence-corrected chi connectivity index (χ4v) is 4.94. The summed E-state index contributed by atoms with van der Waals surface area (Å²) in [5.74, 6) is 0.417. The van der Waals surface area contributed by atoms with Crippen LogP contribution in [0.4, 0.5) is 4.79 Å². The fourth-order valence-electron chi connectivity index (χ4n) is 4.94. The molecule has 1 aromatic rings. The van der Waals surface area contributed by atoms with Crippen molar-refractivity contribution in [2.75, 3.05) is 33.9 Å². The van der Waals surface area contributed by atoms with Crippen LogP contribution in [0, 0.1) is 5.92 Å². The Hall–Kier alpha value is -2.65. The van der Waals surface area contributed by atoms with Gasteiger partial charge in [-0.15, -0.1) is 0 Å². The Labute approximate surface area is 234 Å². The lowest BCUT2D eigenvalue weighted by atomic mass is 9.99. The van der Waals surface area contributed by atoms with Crippen molar-refractivity contribution in [2.45, 2.75) is 96.4 Å². The largest absolute Gasteiger partial charge is 0.469 e. The molecule has 9 nitrogen and oxygen atoms in total. The zero-order valence-electron chi connectivity index (χ0n) is 24.1. The highest BCUT2D eigenvalue weighted by atomic mass is 16.5. The molecule has 2 N–H and O–H groups in total. The summed E-state index contributed by atoms with van der Waals surface area (Å²) in [5, 5.41) is 6.01. The van der Waals surface area contributed by atoms with Gasteiger partial charge in [0.25, 0.3) is 0 Å². The zero-order chi connectivity index (χ0) is 28.3. The van der Waals surface area contributed by atoms with Gasteiger partial charge in [-0.3, -0.25) is 14.5 Å². The van der Waals surface area contributed by atoms with Gasteiger partial charge in [-0.1, -0.05) is 56.5 Å². The lowest BCUT2D eigenvalue weighted by Gasteiger charge is -2.39. The van der Waals surface area contributed by atoms with E-state index < -0.39 is 6.09 Å². The van der Waals surface area contributed by atoms with Crippen LogP contribution in [0.1, 0.15) is 83.1 Å². The zero-order valence-corrected chi connectivity index (χ0v) is 24.1. The number of rotatable bonds is 18. The van der Waals surface area contributed by atoms with E-state index in [0.717, 1.165) is 76.4 Å². The third-order valence-electron chi connectivity index (χ3n) is 7.22. The summed E-state index contributed by atoms with van der Waals surface area (Å²) in [6, 6.07) is 9.67. The van der Waals surface area contributed by atoms with Crippen molar-refractivity contribution < 1.29 is 28.6 Å². The van der Waals surface area contributed by atoms with Gasteiger partial charge in [0.2, 0.25) is 5.91 Å². The van der Waals surface area contributed by atoms with Gasteiger partial charge in [0.15, 0.2) is 0 Å². The first-order chi connectivity index (χ1) is 18.9. The summed E-state index contributed by atoms with van der Waals surface area (Å²) in [6.07, 6.45) is 8.97. The highest BCUT2D eigenvalue weighted by Crippen LogP contribution is 2.21. The predicted molar refractivity (Wildman–Crippen MR) is 151 cm³/mol. The number of nitrogens with one attached hydrogen (secondary N) is 2. The lowest BCUT2D eigenvalue weighted by molar-refractivity contribution is -0.140. The van der Waals surface area contributed by atoms with Crippen LogP contribution >= 0.6 is 0 Å². The number of methoxy groups -OCH3 is 2. The molecule has 0 saturated carbocycles. The van der Waals surface area contributed by atoms with Crippen LogP contribution in [0.25, 0.3) is 0 Å². The SMILES string of the molecule is COC(=O)CCCCCCCNC(=O)CCCC(C)CN1CC[C@@H](NC(=O)OCc2ccccc2)CC1OC. The number of unbranched alkanes of at least 4 members (excludes halogenated alkanes) is 4. The molecule has 1 aliphatic heterocycles. The van der Waals surface area contributed by atoms with E-state index >= 15 is 0 Å². The molecule has 2 unspecified atom stereocenters. The van der Waals surface area contributed by atoms with E-state index in [0.29, 0.717) is 25.3 Å². The van der Waals surface area contributed by atoms with Crippen molar-refractivity contribution in [2.24, 2.45) is 5.92 Å². The summed E-state index contributed by atoms with van der Waals surface area (Å²) in [5.41, 5.74) is 0.962. The Bertz CT molecular complexity index is 837. The Kier molecular flexibility index (Phi) is 16.2. The van der Waals surface area contributed by atoms with Gasteiger partial charge in [-0.05, 0) is 43.6 Å². The number of hydrogen-bond acceptors (Lipinski definition) is 7. The van der Waals surface area contributed by atoms with E-state index in [4.69, 9.17) is 9.47 Å². The predicted octanol–water partition coefficient (Wildman–Crippen LogP) is 4.79. The number of esters is 1. The molecule has 0 bridgehead atoms. The molecule has 1 saturated heterocycles. The number of alkyl carbamates (subject to hydrolysis) is 1. The second-order valence-corrected chi connectivity index (χ2v) is 10.6. The fraction of sp³-hybridized carbons (Fsp3) is 0.700. The molecule has 2 amide bonds. The van der Waals surface area contributed by atoms with Crippen molar-refractivity contribution >= 4 is 18.0 Å². The number of ether oxygens (including phenoxy) is 3. The Morgan fingerprint density at radius 1 is 1.00 bits per heavy atom. The first kappa shape index (κ1) is 32.6. The van der Waals surface area contributed by atoms with E-state index in [-0.39, 0.29) is 30.8 Å². The average molecular weight is 548 g/mol. The third kappa shape index (κ3) is 14.3. The standard InChI is InChI=1S/C30H49N3O6/c1-24(13-12-16-27(34)31-19-11-6-4-5-10-17-29(35)38-3)22-33-20-18-26(21-28(33)37-2)32-30(36)39-23-25-14-8-7-9-15-25/h7-9,14-15,24,26,28H,4-6,10-13,16-23H2,1-3H3,(H,31,34)(H,32,36)/t24?,26-,28?/m1/s1. The Morgan fingerprint density at radius 2 is 1.74 bits per heavy atom. The molecule has 2 rings (SSSR count). The summed E-state index contributed by atoms with van der Waals surface area (Å²) in [7, 11) is 3.13. The van der Waals surface area contributed by atoms with Crippen LogP contribution in [0.3, 0.4) is 0 Å². The summed E-state index contributed by atoms with van der Waals surface area (Å²) >= 11 is 0. The highest BCUT2D eigenvalue weighted by Gasteiger charge is 2.30. The van der Waals surface area contributed by atoms with Crippen molar-refractivity contribution in [1.82, 2.24) is 15.5 Å². The minimum Gasteiger partial charge on any atom is -0.469 e. The number of amides is 2. The molecule has 3 atom stereocenters. The number of carbonyl (C=O) groups excluding carboxylic acids is 3. The van der Waals surface area contributed by atoms with Crippen molar-refractivity contribution in [3.63, 3.8) is 0 Å². The molecule has 0 aliphatic carbocycles. The van der Waals surface area contributed by atoms with Gasteiger partial charge in [0.05, 0.1) is 7.11 Å². The number of piperidine rings is 1. The first-order valence-electron chi connectivity index (χ1n) is 14.5. The normalized spacial score (nSPS) is 18.2. The van der Waals surface area contributed by atoms with Gasteiger partial charge >= 0.3 is 12.1 Å². The molecular weight excluding hydrogens is 498 g/mol. The average Bonchev–Trinajstić information content (AvgIpc) is 2.94. The molecule has 1 aliphatic rings. The van der Waals surface area contributed by atoms with E-state index in [1.165, 1.54) is 7.11 Å². The van der Waals surface area contributed by atoms with Crippen molar-refractivity contribution in [3.05, 3.63) is 35.9 Å². The summed E-state index contributed by atoms with van der Waals surface area (Å²) in [4.78, 5) is 37.8. The van der Waals surface area contributed by atoms with Gasteiger partial charge in [0.1, 0.15) is 12.8 Å². The Balaban J connectivity index is 1.53. The number of benzene rings is 1. The van der Waals surface area contributed by atoms with Gasteiger partial charge in [-0.2, -0.15) is 0 Å². The van der Waals surface area contributed by atoms with Gasteiger partial charge < -0.3 is 24.8 Å². The van der Waals surface area contributed by atoms with Gasteiger partial charge in [0, 0.05) is 52.0 Å². The molecule has 1 aromatic carbocycles. The van der Waals surface area contributed by atoms with Crippen LogP contribution < -0.4 is 10.6 Å². The molecule has 0 radical (unpaired) electrons. The van der Waals surface area contributed by atoms with E-state index in [1.54, 1.807) is 7.11 Å². The molecule has 1 heterocycles. The maximum atomic E-state index is 12.2. The molecule has 39 heavy (non-hydrogen) atoms. The third-order valence-corrected chi connectivity index (χ3v) is 7.22. The molecule has 220 valence electrons. The van der Waals surface area contributed by atoms with E-state index in [1.807, 2.05) is 30.3 Å². The summed E-state index contributed by atoms with van der Waals surface area (Å²) < 4.78 is 15.7. The summed E-state index contributed by atoms with van der Waals surface area (Å²) in [6.45, 7) is 4.94. The maximum Gasteiger partial charge on any atom is 0.407 e. The minimum absolute atomic E-state index is 0.0216. The molecule has 9 heteroatoms. The Morgan fingerprint density at radius 3 is 2.49 bits per heavy atom. The van der Waals surface area contributed by atoms with Crippen LogP contribution in [0.15, 0.2) is 30.3 Å². The van der Waals surface area contributed by atoms with Crippen LogP contribution in [-0.2, 0) is 30.4 Å². The second-order valence-electron chi connectivity index (χ2n) is 10.6. The van der Waals surface area contributed by atoms with Crippen molar-refractivity contribution in [3.8, 4) is 0 Å². The quantitative estimate of drug-likeness (QED) is 0.201. The van der Waals surface area contributed by atoms with Crippen LogP contribution in [0.5, 0.6) is 0 Å². The topological polar surface area (TPSA) is 106 Å². The molecule has 0 aromatic heterocycles. The first-order valence-corrected chi connectivity index (χ1v) is 14.5. The highest BCUT2D eigenvalue weighted by molar-refractivity contribution is 5.75. The van der Waals surface area contributed by atoms with Crippen LogP contribution in [0.2, 0.25) is 0 Å². The number of carbonyl (C=O) groups is 3. The minimum atomic E-state index is -0.394. The second kappa shape index (κ2) is 19.4. The molecule has 0 spiro atoms. The maximum absolute atomic E-state index is 12.2. The van der Waals surface area contributed by atoms with Crippen LogP contribution in [-0.4, -0.2) is 69.0 Å². The van der Waals surface area contributed by atoms with Crippen molar-refractivity contribution in [1.29, 1.82) is 0 Å². The number of hydrogen-bond donors (Lipinski definition) is 2. The smallest absolute Gasteiger partial charge is 0.407 e. The number of likely N-dealkylation sites (tertiary alicyclic amines) is 1. The monoisotopic (exact) mass is 547 g/mol. The van der Waals surface area contributed by atoms with E-state index in [9.17, 15) is 14.4 Å². The van der Waals surface area contributed by atoms with E-state index in [2.05, 4.69) is 27.2 Å². The van der Waals surface area contributed by atoms with Gasteiger partial charge in [-0.25, -0.2) is 4.79 Å². The number of nitrogens with zero attached hydrogens (tertiary/aromatic N) is 1. The molecular formula is C30H49N3O6.